The van der Waals surface area contributed by atoms with Crippen molar-refractivity contribution in [3.8, 4) is 0 Å². The third kappa shape index (κ3) is 6.52. The Morgan fingerprint density at radius 3 is 1.61 bits per heavy atom. The van der Waals surface area contributed by atoms with Crippen LogP contribution in [0, 0.1) is 0 Å². The summed E-state index contributed by atoms with van der Waals surface area (Å²) in [6.45, 7) is 4.13. The van der Waals surface area contributed by atoms with Gasteiger partial charge in [0, 0.05) is 13.1 Å². The molecule has 0 saturated heterocycles. The zero-order chi connectivity index (χ0) is 16.5. The summed E-state index contributed by atoms with van der Waals surface area (Å²) in [5.74, 6) is -1.50. The monoisotopic (exact) mass is 325 g/mol. The molecule has 0 aromatic carbocycles. The van der Waals surface area contributed by atoms with Gasteiger partial charge in [-0.2, -0.15) is 0 Å². The highest BCUT2D eigenvalue weighted by Crippen LogP contribution is 2.00. The lowest BCUT2D eigenvalue weighted by molar-refractivity contribution is 0.0957. The van der Waals surface area contributed by atoms with Crippen LogP contribution in [-0.4, -0.2) is 47.4 Å². The highest BCUT2D eigenvalue weighted by Gasteiger charge is 2.15. The zero-order valence-corrected chi connectivity index (χ0v) is 12.7. The molecule has 23 heavy (non-hydrogen) atoms. The van der Waals surface area contributed by atoms with Gasteiger partial charge in [0.15, 0.2) is 0 Å². The van der Waals surface area contributed by atoms with Gasteiger partial charge in [-0.3, -0.25) is 20.2 Å². The van der Waals surface area contributed by atoms with Crippen molar-refractivity contribution in [2.75, 3.05) is 13.1 Å². The second kappa shape index (κ2) is 9.84. The molecule has 0 unspecified atom stereocenters. The van der Waals surface area contributed by atoms with Crippen LogP contribution in [0.3, 0.4) is 0 Å². The van der Waals surface area contributed by atoms with Crippen molar-refractivity contribution < 1.29 is 24.7 Å². The molecule has 10 nitrogen and oxygen atoms in total. The number of nitrogens with zero attached hydrogens (tertiary/aromatic N) is 1. The second-order valence-corrected chi connectivity index (χ2v) is 4.04. The van der Waals surface area contributed by atoms with Crippen LogP contribution in [0.1, 0.15) is 34.8 Å². The van der Waals surface area contributed by atoms with Crippen LogP contribution in [0.25, 0.3) is 0 Å². The number of imide groups is 2. The van der Waals surface area contributed by atoms with Crippen LogP contribution in [0.4, 0.5) is 9.59 Å². The van der Waals surface area contributed by atoms with Gasteiger partial charge in [-0.1, -0.05) is 6.07 Å². The van der Waals surface area contributed by atoms with Crippen molar-refractivity contribution in [2.24, 2.45) is 0 Å². The summed E-state index contributed by atoms with van der Waals surface area (Å²) in [5.41, 5.74) is -0.232. The fourth-order valence-corrected chi connectivity index (χ4v) is 1.43. The van der Waals surface area contributed by atoms with E-state index in [0.29, 0.717) is 13.1 Å². The van der Waals surface area contributed by atoms with E-state index in [1.54, 1.807) is 13.8 Å². The number of urea groups is 2. The zero-order valence-electron chi connectivity index (χ0n) is 12.7. The second-order valence-electron chi connectivity index (χ2n) is 4.04. The third-order valence-corrected chi connectivity index (χ3v) is 2.34. The summed E-state index contributed by atoms with van der Waals surface area (Å²) in [5, 5.41) is 8.91. The van der Waals surface area contributed by atoms with Gasteiger partial charge in [0.2, 0.25) is 0 Å². The highest BCUT2D eigenvalue weighted by atomic mass is 16.2. The van der Waals surface area contributed by atoms with Gasteiger partial charge in [-0.05, 0) is 26.0 Å². The number of carbonyl (C=O) groups is 4. The molecule has 0 aliphatic rings. The van der Waals surface area contributed by atoms with Gasteiger partial charge in [-0.15, -0.1) is 0 Å². The van der Waals surface area contributed by atoms with Gasteiger partial charge in [0.05, 0.1) is 0 Å². The number of aromatic nitrogens is 1. The first kappa shape index (κ1) is 20.0. The van der Waals surface area contributed by atoms with Crippen LogP contribution in [-0.2, 0) is 0 Å². The maximum Gasteiger partial charge on any atom is 0.321 e. The number of hydrogen-bond donors (Lipinski definition) is 4. The molecular weight excluding hydrogens is 306 g/mol. The molecule has 0 spiro atoms. The Morgan fingerprint density at radius 1 is 0.870 bits per heavy atom. The maximum absolute atomic E-state index is 11.8. The Hall–Kier alpha value is -3.01. The van der Waals surface area contributed by atoms with E-state index in [9.17, 15) is 19.2 Å². The molecule has 1 heterocycles. The lowest BCUT2D eigenvalue weighted by atomic mass is 10.2. The first-order valence-corrected chi connectivity index (χ1v) is 6.63. The van der Waals surface area contributed by atoms with E-state index in [1.165, 1.54) is 18.2 Å². The molecule has 10 heteroatoms. The van der Waals surface area contributed by atoms with Gasteiger partial charge in [0.25, 0.3) is 11.8 Å². The number of carbonyl (C=O) groups excluding carboxylic acids is 4. The van der Waals surface area contributed by atoms with Gasteiger partial charge >= 0.3 is 12.1 Å². The fraction of sp³-hybridized carbons (Fsp3) is 0.308. The quantitative estimate of drug-likeness (QED) is 0.567. The molecule has 0 aliphatic carbocycles. The minimum Gasteiger partial charge on any atom is -0.412 e. The van der Waals surface area contributed by atoms with Crippen molar-refractivity contribution in [3.63, 3.8) is 0 Å². The molecule has 0 atom stereocenters. The van der Waals surface area contributed by atoms with E-state index in [2.05, 4.69) is 26.3 Å². The van der Waals surface area contributed by atoms with E-state index in [4.69, 9.17) is 0 Å². The summed E-state index contributed by atoms with van der Waals surface area (Å²) < 4.78 is 0. The summed E-state index contributed by atoms with van der Waals surface area (Å²) in [7, 11) is 0. The summed E-state index contributed by atoms with van der Waals surface area (Å²) >= 11 is 0. The van der Waals surface area contributed by atoms with Crippen LogP contribution in [0.15, 0.2) is 18.2 Å². The Morgan fingerprint density at radius 2 is 1.26 bits per heavy atom. The van der Waals surface area contributed by atoms with Gasteiger partial charge in [-0.25, -0.2) is 14.6 Å². The maximum atomic E-state index is 11.8. The van der Waals surface area contributed by atoms with Crippen molar-refractivity contribution in [1.82, 2.24) is 26.3 Å². The van der Waals surface area contributed by atoms with Crippen LogP contribution in [0.5, 0.6) is 0 Å². The minimum atomic E-state index is -0.751. The molecule has 1 aromatic heterocycles. The molecule has 0 saturated carbocycles. The SMILES string of the molecule is CCNC(=O)NC(=O)c1cccc(C(=O)NC(=O)NCC)n1.O. The number of hydrogen-bond acceptors (Lipinski definition) is 5. The van der Waals surface area contributed by atoms with E-state index in [0.717, 1.165) is 0 Å². The standard InChI is InChI=1S/C13H17N5O4.H2O/c1-3-14-12(21)17-10(19)8-6-5-7-9(16-8)11(20)18-13(22)15-4-2;/h5-7H,3-4H2,1-2H3,(H2,14,17,19,21)(H2,15,18,20,22);1H2. The molecule has 1 aromatic rings. The van der Waals surface area contributed by atoms with Crippen molar-refractivity contribution in [1.29, 1.82) is 0 Å². The van der Waals surface area contributed by atoms with E-state index in [-0.39, 0.29) is 16.9 Å². The lowest BCUT2D eigenvalue weighted by Crippen LogP contribution is -2.41. The molecule has 0 fully saturated rings. The van der Waals surface area contributed by atoms with Gasteiger partial charge in [0.1, 0.15) is 11.4 Å². The molecule has 126 valence electrons. The lowest BCUT2D eigenvalue weighted by Gasteiger charge is -2.06. The third-order valence-electron chi connectivity index (χ3n) is 2.34. The number of nitrogens with one attached hydrogen (secondary N) is 4. The molecule has 6 amide bonds. The first-order chi connectivity index (χ1) is 10.5. The average Bonchev–Trinajstić information content (AvgIpc) is 2.47. The topological polar surface area (TPSA) is 161 Å². The van der Waals surface area contributed by atoms with Crippen molar-refractivity contribution >= 4 is 23.9 Å². The van der Waals surface area contributed by atoms with Gasteiger partial charge < -0.3 is 16.1 Å². The van der Waals surface area contributed by atoms with E-state index >= 15 is 0 Å². The summed E-state index contributed by atoms with van der Waals surface area (Å²) in [4.78, 5) is 49.9. The molecule has 0 aliphatic heterocycles. The minimum absolute atomic E-state index is 0. The number of amides is 6. The molecule has 0 bridgehead atoms. The molecular formula is C13H19N5O5. The predicted molar refractivity (Wildman–Crippen MR) is 80.9 cm³/mol. The fourth-order valence-electron chi connectivity index (χ4n) is 1.43. The smallest absolute Gasteiger partial charge is 0.321 e. The average molecular weight is 325 g/mol. The van der Waals surface area contributed by atoms with Crippen LogP contribution < -0.4 is 21.3 Å². The van der Waals surface area contributed by atoms with E-state index in [1.807, 2.05) is 0 Å². The van der Waals surface area contributed by atoms with Crippen molar-refractivity contribution in [2.45, 2.75) is 13.8 Å². The largest absolute Gasteiger partial charge is 0.412 e. The normalized spacial score (nSPS) is 9.13. The van der Waals surface area contributed by atoms with Crippen LogP contribution in [0.2, 0.25) is 0 Å². The molecule has 1 rings (SSSR count). The molecule has 6 N–H and O–H groups in total. The Labute approximate surface area is 132 Å². The Balaban J connectivity index is 0.00000484. The van der Waals surface area contributed by atoms with Crippen molar-refractivity contribution in [3.05, 3.63) is 29.6 Å². The Bertz CT molecular complexity index is 543. The first-order valence-electron chi connectivity index (χ1n) is 6.63. The number of pyridine rings is 1. The van der Waals surface area contributed by atoms with E-state index < -0.39 is 23.9 Å². The Kier molecular flexibility index (Phi) is 8.55. The predicted octanol–water partition coefficient (Wildman–Crippen LogP) is -0.824. The summed E-state index contributed by atoms with van der Waals surface area (Å²) in [6.07, 6.45) is 0. The van der Waals surface area contributed by atoms with Crippen LogP contribution >= 0.6 is 0 Å². The molecule has 0 radical (unpaired) electrons. The summed E-state index contributed by atoms with van der Waals surface area (Å²) in [6, 6.07) is 2.79. The number of rotatable bonds is 4. The highest BCUT2D eigenvalue weighted by molar-refractivity contribution is 6.05.